The number of benzene rings is 1. The van der Waals surface area contributed by atoms with Crippen molar-refractivity contribution in [3.63, 3.8) is 0 Å². The highest BCUT2D eigenvalue weighted by molar-refractivity contribution is 5.88. The van der Waals surface area contributed by atoms with Crippen molar-refractivity contribution in [2.45, 2.75) is 46.1 Å². The number of carbonyl (C=O) groups is 1. The monoisotopic (exact) mass is 358 g/mol. The number of piperidine rings is 1. The number of carbonyl (C=O) groups excluding carboxylic acids is 1. The van der Waals surface area contributed by atoms with Crippen LogP contribution in [0.5, 0.6) is 5.75 Å². The Morgan fingerprint density at radius 2 is 2.04 bits per heavy atom. The Bertz CT molecular complexity index is 887. The average Bonchev–Trinajstić information content (AvgIpc) is 2.63. The Kier molecular flexibility index (Phi) is 5.32. The van der Waals surface area contributed by atoms with Gasteiger partial charge in [0.1, 0.15) is 11.3 Å². The number of likely N-dealkylation sites (tertiary alicyclic amines) is 1. The number of ether oxygens (including phenoxy) is 1. The van der Waals surface area contributed by atoms with Crippen molar-refractivity contribution in [2.24, 2.45) is 5.73 Å². The summed E-state index contributed by atoms with van der Waals surface area (Å²) in [6.07, 6.45) is 3.05. The minimum atomic E-state index is -0.346. The van der Waals surface area contributed by atoms with Gasteiger partial charge in [-0.25, -0.2) is 4.79 Å². The first-order valence-corrected chi connectivity index (χ1v) is 9.09. The summed E-state index contributed by atoms with van der Waals surface area (Å²) in [5.74, 6) is 0.514. The Morgan fingerprint density at radius 1 is 1.27 bits per heavy atom. The van der Waals surface area contributed by atoms with Crippen molar-refractivity contribution < 1.29 is 13.9 Å². The van der Waals surface area contributed by atoms with Crippen LogP contribution in [0.3, 0.4) is 0 Å². The summed E-state index contributed by atoms with van der Waals surface area (Å²) in [6, 6.07) is 3.78. The van der Waals surface area contributed by atoms with Gasteiger partial charge in [-0.1, -0.05) is 0 Å². The van der Waals surface area contributed by atoms with E-state index < -0.39 is 0 Å². The van der Waals surface area contributed by atoms with Crippen LogP contribution in [0.4, 0.5) is 0 Å². The number of rotatable bonds is 4. The van der Waals surface area contributed by atoms with Crippen LogP contribution in [0.25, 0.3) is 11.0 Å². The van der Waals surface area contributed by atoms with E-state index in [1.165, 1.54) is 0 Å². The van der Waals surface area contributed by atoms with Crippen molar-refractivity contribution in [2.75, 3.05) is 19.7 Å². The maximum atomic E-state index is 12.6. The van der Waals surface area contributed by atoms with Crippen LogP contribution < -0.4 is 16.1 Å². The lowest BCUT2D eigenvalue weighted by Gasteiger charge is -2.35. The van der Waals surface area contributed by atoms with E-state index in [1.807, 2.05) is 30.9 Å². The summed E-state index contributed by atoms with van der Waals surface area (Å²) in [5, 5.41) is 0.745. The van der Waals surface area contributed by atoms with Gasteiger partial charge in [-0.3, -0.25) is 4.79 Å². The fourth-order valence-corrected chi connectivity index (χ4v) is 3.60. The minimum absolute atomic E-state index is 0.0489. The van der Waals surface area contributed by atoms with Gasteiger partial charge in [0.25, 0.3) is 5.91 Å². The number of fused-ring (bicyclic) bond motifs is 1. The fraction of sp³-hybridized carbons (Fsp3) is 0.500. The molecule has 1 aliphatic heterocycles. The van der Waals surface area contributed by atoms with Crippen LogP contribution in [-0.2, 0) is 4.79 Å². The van der Waals surface area contributed by atoms with Crippen LogP contribution in [-0.4, -0.2) is 36.5 Å². The molecule has 1 aromatic heterocycles. The maximum absolute atomic E-state index is 12.6. The summed E-state index contributed by atoms with van der Waals surface area (Å²) in [4.78, 5) is 26.4. The van der Waals surface area contributed by atoms with Crippen molar-refractivity contribution in [3.8, 4) is 5.75 Å². The van der Waals surface area contributed by atoms with Crippen LogP contribution >= 0.6 is 0 Å². The van der Waals surface area contributed by atoms with Gasteiger partial charge in [0, 0.05) is 24.7 Å². The highest BCUT2D eigenvalue weighted by atomic mass is 16.5. The number of amides is 1. The quantitative estimate of drug-likeness (QED) is 0.849. The highest BCUT2D eigenvalue weighted by Crippen LogP contribution is 2.31. The summed E-state index contributed by atoms with van der Waals surface area (Å²) >= 11 is 0. The zero-order chi connectivity index (χ0) is 18.8. The molecule has 0 bridgehead atoms. The van der Waals surface area contributed by atoms with Crippen LogP contribution in [0.2, 0.25) is 0 Å². The van der Waals surface area contributed by atoms with Gasteiger partial charge in [-0.2, -0.15) is 0 Å². The maximum Gasteiger partial charge on any atom is 0.339 e. The summed E-state index contributed by atoms with van der Waals surface area (Å²) in [6.45, 7) is 6.65. The van der Waals surface area contributed by atoms with Gasteiger partial charge in [-0.15, -0.1) is 0 Å². The van der Waals surface area contributed by atoms with Crippen LogP contribution in [0.15, 0.2) is 21.3 Å². The van der Waals surface area contributed by atoms with E-state index in [4.69, 9.17) is 14.9 Å². The lowest BCUT2D eigenvalue weighted by atomic mass is 10.0. The molecule has 0 radical (unpaired) electrons. The molecule has 6 heteroatoms. The number of aryl methyl sites for hydroxylation is 2. The van der Waals surface area contributed by atoms with E-state index in [1.54, 1.807) is 6.92 Å². The van der Waals surface area contributed by atoms with E-state index in [0.29, 0.717) is 23.4 Å². The molecule has 0 spiro atoms. The van der Waals surface area contributed by atoms with Gasteiger partial charge < -0.3 is 19.8 Å². The summed E-state index contributed by atoms with van der Waals surface area (Å²) in [5.41, 5.74) is 8.22. The molecule has 6 nitrogen and oxygen atoms in total. The second-order valence-corrected chi connectivity index (χ2v) is 7.04. The molecular weight excluding hydrogens is 332 g/mol. The molecule has 1 unspecified atom stereocenters. The molecular formula is C20H26N2O4. The van der Waals surface area contributed by atoms with E-state index in [2.05, 4.69) is 0 Å². The van der Waals surface area contributed by atoms with Gasteiger partial charge in [0.05, 0.1) is 5.39 Å². The SMILES string of the molecule is Cc1cc(OCC(=O)N2CCCCC2CN)c2c(C)c(C)c(=O)oc2c1. The fourth-order valence-electron chi connectivity index (χ4n) is 3.60. The molecule has 26 heavy (non-hydrogen) atoms. The highest BCUT2D eigenvalue weighted by Gasteiger charge is 2.26. The molecule has 3 rings (SSSR count). The minimum Gasteiger partial charge on any atom is -0.483 e. The predicted octanol–water partition coefficient (Wildman–Crippen LogP) is 2.44. The van der Waals surface area contributed by atoms with E-state index in [-0.39, 0.29) is 24.2 Å². The molecule has 140 valence electrons. The molecule has 2 aromatic rings. The second kappa shape index (κ2) is 7.50. The Balaban J connectivity index is 1.88. The zero-order valence-electron chi connectivity index (χ0n) is 15.6. The van der Waals surface area contributed by atoms with E-state index >= 15 is 0 Å². The zero-order valence-corrected chi connectivity index (χ0v) is 15.6. The van der Waals surface area contributed by atoms with Gasteiger partial charge in [-0.05, 0) is 63.3 Å². The third kappa shape index (κ3) is 3.46. The van der Waals surface area contributed by atoms with Crippen molar-refractivity contribution >= 4 is 16.9 Å². The van der Waals surface area contributed by atoms with Gasteiger partial charge in [0.15, 0.2) is 6.61 Å². The normalized spacial score (nSPS) is 17.5. The Morgan fingerprint density at radius 3 is 2.77 bits per heavy atom. The molecule has 1 atom stereocenters. The molecule has 1 saturated heterocycles. The van der Waals surface area contributed by atoms with Crippen molar-refractivity contribution in [1.82, 2.24) is 4.90 Å². The molecule has 1 fully saturated rings. The van der Waals surface area contributed by atoms with Crippen molar-refractivity contribution in [1.29, 1.82) is 0 Å². The van der Waals surface area contributed by atoms with E-state index in [0.717, 1.165) is 42.3 Å². The van der Waals surface area contributed by atoms with Gasteiger partial charge in [0.2, 0.25) is 0 Å². The number of nitrogens with zero attached hydrogens (tertiary/aromatic N) is 1. The number of nitrogens with two attached hydrogens (primary N) is 1. The topological polar surface area (TPSA) is 85.8 Å². The average molecular weight is 358 g/mol. The molecule has 1 aliphatic rings. The molecule has 0 aliphatic carbocycles. The van der Waals surface area contributed by atoms with Gasteiger partial charge >= 0.3 is 5.63 Å². The predicted molar refractivity (Wildman–Crippen MR) is 101 cm³/mol. The molecule has 2 heterocycles. The number of hydrogen-bond donors (Lipinski definition) is 1. The van der Waals surface area contributed by atoms with Crippen molar-refractivity contribution in [3.05, 3.63) is 39.2 Å². The smallest absolute Gasteiger partial charge is 0.339 e. The largest absolute Gasteiger partial charge is 0.483 e. The molecule has 2 N–H and O–H groups in total. The third-order valence-corrected chi connectivity index (χ3v) is 5.23. The second-order valence-electron chi connectivity index (χ2n) is 7.04. The summed E-state index contributed by atoms with van der Waals surface area (Å²) in [7, 11) is 0. The van der Waals surface area contributed by atoms with Crippen LogP contribution in [0, 0.1) is 20.8 Å². The third-order valence-electron chi connectivity index (χ3n) is 5.23. The first-order valence-electron chi connectivity index (χ1n) is 9.09. The molecule has 1 aromatic carbocycles. The number of hydrogen-bond acceptors (Lipinski definition) is 5. The molecule has 0 saturated carbocycles. The first-order chi connectivity index (χ1) is 12.4. The summed E-state index contributed by atoms with van der Waals surface area (Å²) < 4.78 is 11.3. The lowest BCUT2D eigenvalue weighted by Crippen LogP contribution is -2.49. The van der Waals surface area contributed by atoms with E-state index in [9.17, 15) is 9.59 Å². The van der Waals surface area contributed by atoms with Crippen LogP contribution in [0.1, 0.15) is 36.0 Å². The Hall–Kier alpha value is -2.34. The first kappa shape index (κ1) is 18.5. The Labute approximate surface area is 152 Å². The lowest BCUT2D eigenvalue weighted by molar-refractivity contribution is -0.136. The standard InChI is InChI=1S/C20H26N2O4/c1-12-8-16(19-13(2)14(3)20(24)26-17(19)9-12)25-11-18(23)22-7-5-4-6-15(22)10-21/h8-9,15H,4-7,10-11,21H2,1-3H3. The molecule has 1 amide bonds.